The van der Waals surface area contributed by atoms with E-state index in [1.807, 2.05) is 30.3 Å². The van der Waals surface area contributed by atoms with Crippen molar-refractivity contribution in [2.75, 3.05) is 13.7 Å². The fourth-order valence-electron chi connectivity index (χ4n) is 1.93. The van der Waals surface area contributed by atoms with E-state index in [9.17, 15) is 9.59 Å². The van der Waals surface area contributed by atoms with E-state index < -0.39 is 12.0 Å². The van der Waals surface area contributed by atoms with Gasteiger partial charge in [-0.25, -0.2) is 0 Å². The highest BCUT2D eigenvalue weighted by Crippen LogP contribution is 2.18. The first kappa shape index (κ1) is 17.1. The molecule has 0 bridgehead atoms. The Kier molecular flexibility index (Phi) is 7.42. The number of ether oxygens (including phenoxy) is 1. The lowest BCUT2D eigenvalue weighted by molar-refractivity contribution is -0.137. The summed E-state index contributed by atoms with van der Waals surface area (Å²) in [5, 5.41) is 11.6. The molecule has 0 saturated heterocycles. The Labute approximate surface area is 124 Å². The molecular formula is C15H22N2O4. The number of rotatable bonds is 9. The van der Waals surface area contributed by atoms with Crippen LogP contribution in [0.5, 0.6) is 0 Å². The van der Waals surface area contributed by atoms with Gasteiger partial charge < -0.3 is 20.9 Å². The Hall–Kier alpha value is -1.92. The third-order valence-electron chi connectivity index (χ3n) is 3.14. The Bertz CT molecular complexity index is 450. The molecule has 1 aromatic carbocycles. The molecule has 1 aromatic rings. The minimum Gasteiger partial charge on any atom is -0.481 e. The Morgan fingerprint density at radius 1 is 1.29 bits per heavy atom. The van der Waals surface area contributed by atoms with E-state index in [1.54, 1.807) is 7.11 Å². The number of hydrogen-bond donors (Lipinski definition) is 3. The minimum atomic E-state index is -0.895. The van der Waals surface area contributed by atoms with E-state index in [0.717, 1.165) is 5.56 Å². The van der Waals surface area contributed by atoms with Crippen LogP contribution < -0.4 is 11.1 Å². The first-order valence-electron chi connectivity index (χ1n) is 6.86. The first-order valence-corrected chi connectivity index (χ1v) is 6.86. The van der Waals surface area contributed by atoms with Gasteiger partial charge in [0.2, 0.25) is 5.91 Å². The van der Waals surface area contributed by atoms with Crippen molar-refractivity contribution in [3.8, 4) is 0 Å². The van der Waals surface area contributed by atoms with E-state index in [0.29, 0.717) is 19.4 Å². The molecule has 0 saturated carbocycles. The van der Waals surface area contributed by atoms with Gasteiger partial charge in [-0.3, -0.25) is 9.59 Å². The molecule has 0 aliphatic rings. The average molecular weight is 294 g/mol. The van der Waals surface area contributed by atoms with E-state index in [1.165, 1.54) is 0 Å². The maximum atomic E-state index is 12.0. The number of hydrogen-bond acceptors (Lipinski definition) is 4. The van der Waals surface area contributed by atoms with Crippen molar-refractivity contribution >= 4 is 11.9 Å². The quantitative estimate of drug-likeness (QED) is 0.632. The van der Waals surface area contributed by atoms with Gasteiger partial charge in [0.1, 0.15) is 0 Å². The van der Waals surface area contributed by atoms with E-state index >= 15 is 0 Å². The zero-order valence-corrected chi connectivity index (χ0v) is 12.1. The van der Waals surface area contributed by atoms with Crippen molar-refractivity contribution in [1.29, 1.82) is 0 Å². The van der Waals surface area contributed by atoms with Crippen LogP contribution >= 0.6 is 0 Å². The Morgan fingerprint density at radius 2 is 1.95 bits per heavy atom. The minimum absolute atomic E-state index is 0.0207. The predicted molar refractivity (Wildman–Crippen MR) is 78.7 cm³/mol. The van der Waals surface area contributed by atoms with Crippen LogP contribution in [-0.2, 0) is 14.3 Å². The van der Waals surface area contributed by atoms with Crippen LogP contribution in [-0.4, -0.2) is 36.7 Å². The summed E-state index contributed by atoms with van der Waals surface area (Å²) in [4.78, 5) is 22.8. The van der Waals surface area contributed by atoms with Gasteiger partial charge in [-0.05, 0) is 18.4 Å². The molecule has 0 spiro atoms. The summed E-state index contributed by atoms with van der Waals surface area (Å²) in [7, 11) is 1.55. The number of carbonyl (C=O) groups excluding carboxylic acids is 1. The summed E-state index contributed by atoms with van der Waals surface area (Å²) in [6.07, 6.45) is 0.720. The standard InChI is InChI=1S/C15H22N2O4/c1-21-10-9-12(16)15(20)17-13(7-8-14(18)19)11-5-3-2-4-6-11/h2-6,12-13H,7-10,16H2,1H3,(H,17,20)(H,18,19). The summed E-state index contributed by atoms with van der Waals surface area (Å²) in [5.41, 5.74) is 6.64. The van der Waals surface area contributed by atoms with E-state index in [4.69, 9.17) is 15.6 Å². The van der Waals surface area contributed by atoms with Crippen molar-refractivity contribution < 1.29 is 19.4 Å². The highest BCUT2D eigenvalue weighted by Gasteiger charge is 2.19. The lowest BCUT2D eigenvalue weighted by atomic mass is 10.0. The SMILES string of the molecule is COCCC(N)C(=O)NC(CCC(=O)O)c1ccccc1. The van der Waals surface area contributed by atoms with Gasteiger partial charge in [0.15, 0.2) is 0 Å². The number of amides is 1. The number of carbonyl (C=O) groups is 2. The second kappa shape index (κ2) is 9.10. The van der Waals surface area contributed by atoms with Crippen molar-refractivity contribution in [1.82, 2.24) is 5.32 Å². The van der Waals surface area contributed by atoms with E-state index in [2.05, 4.69) is 5.32 Å². The van der Waals surface area contributed by atoms with Crippen LogP contribution in [0.3, 0.4) is 0 Å². The number of methoxy groups -OCH3 is 1. The second-order valence-electron chi connectivity index (χ2n) is 4.79. The molecule has 0 fully saturated rings. The number of nitrogens with two attached hydrogens (primary N) is 1. The van der Waals surface area contributed by atoms with Crippen LogP contribution in [0, 0.1) is 0 Å². The average Bonchev–Trinajstić information content (AvgIpc) is 2.49. The number of carboxylic acids is 1. The molecule has 0 aliphatic heterocycles. The smallest absolute Gasteiger partial charge is 0.303 e. The molecule has 2 unspecified atom stereocenters. The number of aliphatic carboxylic acids is 1. The Morgan fingerprint density at radius 3 is 2.52 bits per heavy atom. The van der Waals surface area contributed by atoms with Gasteiger partial charge in [0.25, 0.3) is 0 Å². The topological polar surface area (TPSA) is 102 Å². The third-order valence-corrected chi connectivity index (χ3v) is 3.14. The first-order chi connectivity index (χ1) is 10.0. The number of carboxylic acid groups (broad SMARTS) is 1. The number of nitrogens with one attached hydrogen (secondary N) is 1. The molecule has 0 heterocycles. The molecule has 1 amide bonds. The van der Waals surface area contributed by atoms with Crippen molar-refractivity contribution in [2.24, 2.45) is 5.73 Å². The molecule has 21 heavy (non-hydrogen) atoms. The van der Waals surface area contributed by atoms with Crippen molar-refractivity contribution in [3.05, 3.63) is 35.9 Å². The summed E-state index contributed by atoms with van der Waals surface area (Å²) >= 11 is 0. The Balaban J connectivity index is 2.68. The van der Waals surface area contributed by atoms with Gasteiger partial charge >= 0.3 is 5.97 Å². The fourth-order valence-corrected chi connectivity index (χ4v) is 1.93. The molecule has 0 aromatic heterocycles. The normalized spacial score (nSPS) is 13.4. The predicted octanol–water partition coefficient (Wildman–Crippen LogP) is 1.07. The monoisotopic (exact) mass is 294 g/mol. The van der Waals surface area contributed by atoms with Crippen LogP contribution in [0.2, 0.25) is 0 Å². The zero-order chi connectivity index (χ0) is 15.7. The largest absolute Gasteiger partial charge is 0.481 e. The van der Waals surface area contributed by atoms with Crippen LogP contribution in [0.25, 0.3) is 0 Å². The van der Waals surface area contributed by atoms with Crippen LogP contribution in [0.15, 0.2) is 30.3 Å². The molecule has 116 valence electrons. The number of benzene rings is 1. The van der Waals surface area contributed by atoms with Gasteiger partial charge in [-0.2, -0.15) is 0 Å². The molecular weight excluding hydrogens is 272 g/mol. The van der Waals surface area contributed by atoms with Gasteiger partial charge in [0, 0.05) is 20.1 Å². The van der Waals surface area contributed by atoms with Crippen molar-refractivity contribution in [3.63, 3.8) is 0 Å². The highest BCUT2D eigenvalue weighted by molar-refractivity contribution is 5.82. The zero-order valence-electron chi connectivity index (χ0n) is 12.1. The van der Waals surface area contributed by atoms with E-state index in [-0.39, 0.29) is 18.4 Å². The second-order valence-corrected chi connectivity index (χ2v) is 4.79. The maximum absolute atomic E-state index is 12.0. The maximum Gasteiger partial charge on any atom is 0.303 e. The fraction of sp³-hybridized carbons (Fsp3) is 0.467. The molecule has 0 radical (unpaired) electrons. The lowest BCUT2D eigenvalue weighted by Crippen LogP contribution is -2.43. The van der Waals surface area contributed by atoms with Crippen LogP contribution in [0.1, 0.15) is 30.9 Å². The molecule has 6 heteroatoms. The summed E-state index contributed by atoms with van der Waals surface area (Å²) < 4.78 is 4.89. The summed E-state index contributed by atoms with van der Waals surface area (Å²) in [6, 6.07) is 8.25. The summed E-state index contributed by atoms with van der Waals surface area (Å²) in [6.45, 7) is 0.402. The molecule has 6 nitrogen and oxygen atoms in total. The van der Waals surface area contributed by atoms with Gasteiger partial charge in [0.05, 0.1) is 12.1 Å². The molecule has 0 aliphatic carbocycles. The highest BCUT2D eigenvalue weighted by atomic mass is 16.5. The molecule has 4 N–H and O–H groups in total. The third kappa shape index (κ3) is 6.37. The molecule has 1 rings (SSSR count). The summed E-state index contributed by atoms with van der Waals surface area (Å²) in [5.74, 6) is -1.19. The van der Waals surface area contributed by atoms with Crippen LogP contribution in [0.4, 0.5) is 0 Å². The van der Waals surface area contributed by atoms with Crippen molar-refractivity contribution in [2.45, 2.75) is 31.3 Å². The lowest BCUT2D eigenvalue weighted by Gasteiger charge is -2.21. The van der Waals surface area contributed by atoms with Gasteiger partial charge in [-0.1, -0.05) is 30.3 Å². The van der Waals surface area contributed by atoms with Gasteiger partial charge in [-0.15, -0.1) is 0 Å². The molecule has 2 atom stereocenters.